The van der Waals surface area contributed by atoms with Crippen LogP contribution in [0.15, 0.2) is 24.3 Å². The van der Waals surface area contributed by atoms with Gasteiger partial charge < -0.3 is 25.4 Å². The van der Waals surface area contributed by atoms with Crippen molar-refractivity contribution in [1.82, 2.24) is 20.9 Å². The van der Waals surface area contributed by atoms with Gasteiger partial charge in [-0.25, -0.2) is 0 Å². The number of hydrogen-bond acceptors (Lipinski definition) is 7. The summed E-state index contributed by atoms with van der Waals surface area (Å²) in [5.74, 6) is 0.767. The first-order chi connectivity index (χ1) is 14.2. The number of carbonyl (C=O) groups is 1. The average molecular weight is 407 g/mol. The highest BCUT2D eigenvalue weighted by Gasteiger charge is 2.26. The Hall–Kier alpha value is -1.67. The van der Waals surface area contributed by atoms with E-state index in [1.54, 1.807) is 0 Å². The number of carbonyl (C=O) groups excluding carboxylic acids is 1. The minimum absolute atomic E-state index is 0.134. The van der Waals surface area contributed by atoms with Crippen molar-refractivity contribution < 1.29 is 14.3 Å². The van der Waals surface area contributed by atoms with Crippen molar-refractivity contribution in [3.05, 3.63) is 29.8 Å². The first-order valence-electron chi connectivity index (χ1n) is 10.9. The summed E-state index contributed by atoms with van der Waals surface area (Å²) in [6.45, 7) is 9.88. The summed E-state index contributed by atoms with van der Waals surface area (Å²) < 4.78 is 10.6. The van der Waals surface area contributed by atoms with E-state index in [-0.39, 0.29) is 12.0 Å². The first-order valence-corrected chi connectivity index (χ1v) is 10.9. The third kappa shape index (κ3) is 9.12. The Morgan fingerprint density at radius 1 is 1.00 bits per heavy atom. The molecule has 1 aromatic carbocycles. The van der Waals surface area contributed by atoms with Crippen LogP contribution in [0.4, 0.5) is 0 Å². The van der Waals surface area contributed by atoms with Gasteiger partial charge in [0.25, 0.3) is 0 Å². The largest absolute Gasteiger partial charge is 0.494 e. The van der Waals surface area contributed by atoms with Crippen molar-refractivity contribution in [3.8, 4) is 5.75 Å². The molecule has 1 aliphatic heterocycles. The van der Waals surface area contributed by atoms with Crippen LogP contribution >= 0.6 is 0 Å². The number of aryl methyl sites for hydroxylation is 1. The molecule has 1 aromatic rings. The highest BCUT2D eigenvalue weighted by molar-refractivity contribution is 5.75. The van der Waals surface area contributed by atoms with Gasteiger partial charge in [-0.15, -0.1) is 0 Å². The van der Waals surface area contributed by atoms with E-state index in [0.717, 1.165) is 77.4 Å². The molecule has 0 amide bonds. The minimum Gasteiger partial charge on any atom is -0.494 e. The van der Waals surface area contributed by atoms with Gasteiger partial charge in [-0.3, -0.25) is 9.69 Å². The summed E-state index contributed by atoms with van der Waals surface area (Å²) in [5, 5.41) is 10.3. The summed E-state index contributed by atoms with van der Waals surface area (Å²) >= 11 is 0. The molecule has 0 unspecified atom stereocenters. The lowest BCUT2D eigenvalue weighted by Gasteiger charge is -2.30. The second kappa shape index (κ2) is 14.3. The van der Waals surface area contributed by atoms with Gasteiger partial charge in [-0.05, 0) is 43.9 Å². The Balaban J connectivity index is 1.90. The van der Waals surface area contributed by atoms with Crippen LogP contribution < -0.4 is 20.7 Å². The van der Waals surface area contributed by atoms with Gasteiger partial charge in [0.05, 0.1) is 13.7 Å². The maximum absolute atomic E-state index is 12.5. The molecule has 3 N–H and O–H groups in total. The molecule has 164 valence electrons. The summed E-state index contributed by atoms with van der Waals surface area (Å²) in [6, 6.07) is 8.04. The topological polar surface area (TPSA) is 74.9 Å². The molecule has 29 heavy (non-hydrogen) atoms. The number of benzene rings is 1. The van der Waals surface area contributed by atoms with E-state index in [9.17, 15) is 4.79 Å². The van der Waals surface area contributed by atoms with E-state index in [0.29, 0.717) is 6.61 Å². The van der Waals surface area contributed by atoms with Gasteiger partial charge in [-0.1, -0.05) is 12.1 Å². The molecule has 7 heteroatoms. The molecule has 2 rings (SSSR count). The van der Waals surface area contributed by atoms with Crippen LogP contribution in [-0.2, 0) is 16.0 Å². The van der Waals surface area contributed by atoms with E-state index < -0.39 is 0 Å². The third-order valence-electron chi connectivity index (χ3n) is 5.20. The lowest BCUT2D eigenvalue weighted by molar-refractivity contribution is -0.147. The molecule has 0 saturated carbocycles. The molecule has 0 radical (unpaired) electrons. The molecule has 1 aliphatic rings. The first kappa shape index (κ1) is 23.6. The minimum atomic E-state index is -0.202. The van der Waals surface area contributed by atoms with Crippen LogP contribution in [0.3, 0.4) is 0 Å². The van der Waals surface area contributed by atoms with Gasteiger partial charge in [-0.2, -0.15) is 0 Å². The van der Waals surface area contributed by atoms with E-state index >= 15 is 0 Å². The standard InChI is InChI=1S/C22H38N4O3/c1-3-29-20-9-7-19(8-10-20)5-4-6-21(22(27)28-2)26-17-15-24-13-11-23-12-14-25-16-18-26/h7-10,21,23-25H,3-6,11-18H2,1-2H3/t21-/m1/s1. The summed E-state index contributed by atoms with van der Waals surface area (Å²) in [5.41, 5.74) is 1.27. The average Bonchev–Trinajstić information content (AvgIpc) is 2.73. The van der Waals surface area contributed by atoms with E-state index in [2.05, 4.69) is 33.0 Å². The van der Waals surface area contributed by atoms with Gasteiger partial charge in [0.2, 0.25) is 0 Å². The molecule has 0 aromatic heterocycles. The van der Waals surface area contributed by atoms with Gasteiger partial charge in [0.15, 0.2) is 0 Å². The predicted molar refractivity (Wildman–Crippen MR) is 117 cm³/mol. The van der Waals surface area contributed by atoms with Crippen LogP contribution in [0.2, 0.25) is 0 Å². The zero-order chi connectivity index (χ0) is 20.7. The van der Waals surface area contributed by atoms with Crippen LogP contribution in [0.1, 0.15) is 25.3 Å². The van der Waals surface area contributed by atoms with E-state index in [4.69, 9.17) is 9.47 Å². The van der Waals surface area contributed by atoms with Crippen LogP contribution in [0.5, 0.6) is 5.75 Å². The van der Waals surface area contributed by atoms with Gasteiger partial charge in [0, 0.05) is 52.4 Å². The monoisotopic (exact) mass is 406 g/mol. The summed E-state index contributed by atoms with van der Waals surface area (Å²) in [4.78, 5) is 14.8. The number of nitrogens with one attached hydrogen (secondary N) is 3. The molecular formula is C22H38N4O3. The number of rotatable bonds is 8. The van der Waals surface area contributed by atoms with Crippen molar-refractivity contribution in [1.29, 1.82) is 0 Å². The molecule has 1 saturated heterocycles. The van der Waals surface area contributed by atoms with Gasteiger partial charge in [0.1, 0.15) is 11.8 Å². The van der Waals surface area contributed by atoms with Crippen LogP contribution in [-0.4, -0.2) is 83.0 Å². The SMILES string of the molecule is CCOc1ccc(CCC[C@H](C(=O)OC)N2CCNCCNCCNCC2)cc1. The van der Waals surface area contributed by atoms with Crippen LogP contribution in [0, 0.1) is 0 Å². The van der Waals surface area contributed by atoms with Crippen molar-refractivity contribution in [2.75, 3.05) is 66.1 Å². The van der Waals surface area contributed by atoms with Crippen molar-refractivity contribution >= 4 is 5.97 Å². The lowest BCUT2D eigenvalue weighted by atomic mass is 10.0. The van der Waals surface area contributed by atoms with Crippen molar-refractivity contribution in [2.24, 2.45) is 0 Å². The Morgan fingerprint density at radius 3 is 2.14 bits per heavy atom. The normalized spacial score (nSPS) is 18.3. The van der Waals surface area contributed by atoms with Crippen molar-refractivity contribution in [3.63, 3.8) is 0 Å². The molecule has 0 bridgehead atoms. The second-order valence-corrected chi connectivity index (χ2v) is 7.29. The van der Waals surface area contributed by atoms with Gasteiger partial charge >= 0.3 is 5.97 Å². The molecule has 1 fully saturated rings. The molecule has 7 nitrogen and oxygen atoms in total. The number of esters is 1. The fraction of sp³-hybridized carbons (Fsp3) is 0.682. The fourth-order valence-corrected chi connectivity index (χ4v) is 3.60. The zero-order valence-electron chi connectivity index (χ0n) is 18.0. The summed E-state index contributed by atoms with van der Waals surface area (Å²) in [6.07, 6.45) is 2.67. The molecule has 1 heterocycles. The molecule has 1 atom stereocenters. The number of methoxy groups -OCH3 is 1. The quantitative estimate of drug-likeness (QED) is 0.557. The highest BCUT2D eigenvalue weighted by atomic mass is 16.5. The zero-order valence-corrected chi connectivity index (χ0v) is 18.0. The number of ether oxygens (including phenoxy) is 2. The Morgan fingerprint density at radius 2 is 1.59 bits per heavy atom. The smallest absolute Gasteiger partial charge is 0.323 e. The Bertz CT molecular complexity index is 556. The molecule has 0 aliphatic carbocycles. The third-order valence-corrected chi connectivity index (χ3v) is 5.20. The predicted octanol–water partition coefficient (Wildman–Crippen LogP) is 1.03. The molecular weight excluding hydrogens is 368 g/mol. The van der Waals surface area contributed by atoms with E-state index in [1.807, 2.05) is 19.1 Å². The van der Waals surface area contributed by atoms with Crippen molar-refractivity contribution in [2.45, 2.75) is 32.2 Å². The summed E-state index contributed by atoms with van der Waals surface area (Å²) in [7, 11) is 1.49. The number of nitrogens with zero attached hydrogens (tertiary/aromatic N) is 1. The maximum Gasteiger partial charge on any atom is 0.323 e. The highest BCUT2D eigenvalue weighted by Crippen LogP contribution is 2.16. The molecule has 0 spiro atoms. The maximum atomic E-state index is 12.5. The fourth-order valence-electron chi connectivity index (χ4n) is 3.60. The number of hydrogen-bond donors (Lipinski definition) is 3. The Kier molecular flexibility index (Phi) is 11.7. The van der Waals surface area contributed by atoms with Crippen LogP contribution in [0.25, 0.3) is 0 Å². The van der Waals surface area contributed by atoms with E-state index in [1.165, 1.54) is 12.7 Å². The Labute approximate surface area is 175 Å². The second-order valence-electron chi connectivity index (χ2n) is 7.29. The lowest BCUT2D eigenvalue weighted by Crippen LogP contribution is -2.49.